The first-order valence-electron chi connectivity index (χ1n) is 2.25. The average molecular weight is 141 g/mol. The van der Waals surface area contributed by atoms with Gasteiger partial charge >= 0.3 is 0 Å². The van der Waals surface area contributed by atoms with Crippen molar-refractivity contribution in [1.82, 2.24) is 0 Å². The zero-order valence-electron chi connectivity index (χ0n) is 4.30. The molecule has 8 heavy (non-hydrogen) atoms. The van der Waals surface area contributed by atoms with E-state index in [0.29, 0.717) is 0 Å². The van der Waals surface area contributed by atoms with Crippen LogP contribution in [0.2, 0.25) is 0 Å². The summed E-state index contributed by atoms with van der Waals surface area (Å²) in [5, 5.41) is 0. The Balaban J connectivity index is 3.32. The first kappa shape index (κ1) is 8.08. The molecule has 3 nitrogen and oxygen atoms in total. The van der Waals surface area contributed by atoms with Crippen LogP contribution in [0.5, 0.6) is 0 Å². The highest BCUT2D eigenvalue weighted by molar-refractivity contribution is 7.38. The lowest BCUT2D eigenvalue weighted by molar-refractivity contribution is 0.374. The van der Waals surface area contributed by atoms with Crippen molar-refractivity contribution in [2.75, 3.05) is 6.54 Å². The van der Waals surface area contributed by atoms with Crippen LogP contribution in [-0.4, -0.2) is 17.4 Å². The Hall–Kier alpha value is 0.0800. The second-order valence-electron chi connectivity index (χ2n) is 1.38. The molecular weight excluding hydrogens is 132 g/mol. The van der Waals surface area contributed by atoms with Crippen LogP contribution >= 0.6 is 8.03 Å². The van der Waals surface area contributed by atoms with Gasteiger partial charge < -0.3 is 10.6 Å². The molecule has 3 N–H and O–H groups in total. The molecule has 0 aromatic carbocycles. The van der Waals surface area contributed by atoms with E-state index >= 15 is 0 Å². The van der Waals surface area contributed by atoms with Gasteiger partial charge in [-0.1, -0.05) is 0 Å². The van der Waals surface area contributed by atoms with E-state index in [1.54, 1.807) is 0 Å². The monoisotopic (exact) mass is 141 g/mol. The highest BCUT2D eigenvalue weighted by Crippen LogP contribution is 2.25. The normalized spacial score (nSPS) is 17.9. The van der Waals surface area contributed by atoms with Gasteiger partial charge in [-0.25, -0.2) is 4.39 Å². The topological polar surface area (TPSA) is 63.3 Å². The van der Waals surface area contributed by atoms with Gasteiger partial charge in [0, 0.05) is 0 Å². The smallest absolute Gasteiger partial charge is 0.222 e. The zero-order valence-corrected chi connectivity index (χ0v) is 5.30. The first-order chi connectivity index (χ1) is 3.68. The number of halogens is 1. The molecule has 0 spiro atoms. The third kappa shape index (κ3) is 3.13. The van der Waals surface area contributed by atoms with Crippen LogP contribution in [0, 0.1) is 0 Å². The maximum absolute atomic E-state index is 11.9. The van der Waals surface area contributed by atoms with Crippen molar-refractivity contribution < 1.29 is 13.8 Å². The van der Waals surface area contributed by atoms with Crippen LogP contribution in [0.4, 0.5) is 4.39 Å². The van der Waals surface area contributed by atoms with E-state index in [2.05, 4.69) is 0 Å². The molecule has 0 aromatic rings. The molecule has 0 aliphatic carbocycles. The summed E-state index contributed by atoms with van der Waals surface area (Å²) in [5.41, 5.74) is 4.89. The fraction of sp³-hybridized carbons (Fsp3) is 1.00. The van der Waals surface area contributed by atoms with E-state index in [1.165, 1.54) is 0 Å². The van der Waals surface area contributed by atoms with Gasteiger partial charge in [-0.3, -0.25) is 4.57 Å². The van der Waals surface area contributed by atoms with Crippen LogP contribution in [0.15, 0.2) is 0 Å². The van der Waals surface area contributed by atoms with Crippen LogP contribution < -0.4 is 5.73 Å². The maximum atomic E-state index is 11.9. The molecule has 0 radical (unpaired) electrons. The summed E-state index contributed by atoms with van der Waals surface area (Å²) in [7, 11) is -2.97. The summed E-state index contributed by atoms with van der Waals surface area (Å²) in [6.07, 6.45) is -0.0195. The Morgan fingerprint density at radius 2 is 2.38 bits per heavy atom. The van der Waals surface area contributed by atoms with Gasteiger partial charge in [0.1, 0.15) is 0 Å². The van der Waals surface area contributed by atoms with Crippen molar-refractivity contribution in [3.63, 3.8) is 0 Å². The second kappa shape index (κ2) is 4.01. The number of nitrogens with two attached hydrogens (primary N) is 1. The van der Waals surface area contributed by atoms with E-state index in [-0.39, 0.29) is 13.0 Å². The third-order valence-electron chi connectivity index (χ3n) is 0.688. The molecule has 0 amide bonds. The summed E-state index contributed by atoms with van der Waals surface area (Å²) in [6.45, 7) is 0.123. The van der Waals surface area contributed by atoms with Crippen molar-refractivity contribution in [2.24, 2.45) is 5.73 Å². The molecule has 0 aliphatic heterocycles. The number of hydrogen-bond acceptors (Lipinski definition) is 2. The summed E-state index contributed by atoms with van der Waals surface area (Å²) in [6, 6.07) is 0. The molecule has 5 heteroatoms. The van der Waals surface area contributed by atoms with E-state index < -0.39 is 13.9 Å². The quantitative estimate of drug-likeness (QED) is 0.548. The molecule has 0 saturated carbocycles. The summed E-state index contributed by atoms with van der Waals surface area (Å²) in [5.74, 6) is -1.61. The molecule has 0 fully saturated rings. The minimum absolute atomic E-state index is 0.0195. The third-order valence-corrected chi connectivity index (χ3v) is 1.51. The van der Waals surface area contributed by atoms with Gasteiger partial charge in [-0.05, 0) is 13.0 Å². The average Bonchev–Trinajstić information content (AvgIpc) is 1.67. The van der Waals surface area contributed by atoms with Gasteiger partial charge in [0.25, 0.3) is 0 Å². The summed E-state index contributed by atoms with van der Waals surface area (Å²) >= 11 is 0. The number of hydrogen-bond donors (Lipinski definition) is 2. The van der Waals surface area contributed by atoms with E-state index in [1.807, 2.05) is 0 Å². The van der Waals surface area contributed by atoms with Crippen molar-refractivity contribution in [2.45, 2.75) is 12.3 Å². The second-order valence-corrected chi connectivity index (χ2v) is 2.69. The molecule has 0 saturated heterocycles. The van der Waals surface area contributed by atoms with Crippen molar-refractivity contribution in [1.29, 1.82) is 0 Å². The lowest BCUT2D eigenvalue weighted by Gasteiger charge is -1.98. The van der Waals surface area contributed by atoms with Crippen LogP contribution in [0.25, 0.3) is 0 Å². The summed E-state index contributed by atoms with van der Waals surface area (Å²) in [4.78, 5) is 8.07. The van der Waals surface area contributed by atoms with Crippen molar-refractivity contribution >= 4 is 8.03 Å². The standard InChI is InChI=1S/C3H9FNO2P/c4-3(1-2-5)8(6)7/h3,8H,1-2,5H2,(H,6,7). The number of rotatable bonds is 3. The van der Waals surface area contributed by atoms with E-state index in [0.717, 1.165) is 0 Å². The lowest BCUT2D eigenvalue weighted by Crippen LogP contribution is -2.05. The molecule has 0 aliphatic rings. The van der Waals surface area contributed by atoms with Crippen LogP contribution in [0.3, 0.4) is 0 Å². The minimum atomic E-state index is -2.97. The predicted molar refractivity (Wildman–Crippen MR) is 29.8 cm³/mol. The van der Waals surface area contributed by atoms with Gasteiger partial charge in [0.05, 0.1) is 0 Å². The highest BCUT2D eigenvalue weighted by Gasteiger charge is 2.09. The molecule has 2 atom stereocenters. The van der Waals surface area contributed by atoms with Crippen LogP contribution in [-0.2, 0) is 4.57 Å². The highest BCUT2D eigenvalue weighted by atomic mass is 31.1. The molecule has 0 aromatic heterocycles. The zero-order chi connectivity index (χ0) is 6.57. The number of alkyl halides is 1. The van der Waals surface area contributed by atoms with E-state index in [4.69, 9.17) is 10.6 Å². The Labute approximate surface area is 47.6 Å². The first-order valence-corrected chi connectivity index (χ1v) is 3.68. The van der Waals surface area contributed by atoms with Gasteiger partial charge in [0.2, 0.25) is 8.03 Å². The van der Waals surface area contributed by atoms with Crippen molar-refractivity contribution in [3.05, 3.63) is 0 Å². The van der Waals surface area contributed by atoms with Crippen molar-refractivity contribution in [3.8, 4) is 0 Å². The molecular formula is C3H9FNO2P. The Morgan fingerprint density at radius 1 is 1.88 bits per heavy atom. The fourth-order valence-corrected chi connectivity index (χ4v) is 0.683. The predicted octanol–water partition coefficient (Wildman–Crippen LogP) is 0.0978. The van der Waals surface area contributed by atoms with Gasteiger partial charge in [-0.2, -0.15) is 0 Å². The van der Waals surface area contributed by atoms with Gasteiger partial charge in [-0.15, -0.1) is 0 Å². The molecule has 50 valence electrons. The van der Waals surface area contributed by atoms with Crippen LogP contribution in [0.1, 0.15) is 6.42 Å². The Bertz CT molecular complexity index is 89.4. The Kier molecular flexibility index (Phi) is 4.05. The molecule has 2 unspecified atom stereocenters. The van der Waals surface area contributed by atoms with Gasteiger partial charge in [0.15, 0.2) is 5.91 Å². The largest absolute Gasteiger partial charge is 0.344 e. The lowest BCUT2D eigenvalue weighted by atomic mass is 10.5. The molecule has 0 rings (SSSR count). The molecule has 0 heterocycles. The maximum Gasteiger partial charge on any atom is 0.222 e. The SMILES string of the molecule is NCCC(F)[PH](=O)O. The molecule has 0 bridgehead atoms. The Morgan fingerprint density at radius 3 is 2.50 bits per heavy atom. The fourth-order valence-electron chi connectivity index (χ4n) is 0.270. The summed E-state index contributed by atoms with van der Waals surface area (Å²) < 4.78 is 21.8. The van der Waals surface area contributed by atoms with E-state index in [9.17, 15) is 8.96 Å². The minimum Gasteiger partial charge on any atom is -0.344 e.